The highest BCUT2D eigenvalue weighted by Gasteiger charge is 2.13. The summed E-state index contributed by atoms with van der Waals surface area (Å²) in [6, 6.07) is 12.3. The molecule has 0 saturated carbocycles. The molecule has 106 valence electrons. The summed E-state index contributed by atoms with van der Waals surface area (Å²) < 4.78 is 27.8. The van der Waals surface area contributed by atoms with E-state index < -0.39 is 10.0 Å². The van der Waals surface area contributed by atoms with Gasteiger partial charge in [-0.25, -0.2) is 8.42 Å². The van der Waals surface area contributed by atoms with E-state index in [4.69, 9.17) is 5.73 Å². The fraction of sp³-hybridized carbons (Fsp3) is 0.143. The van der Waals surface area contributed by atoms with E-state index >= 15 is 0 Å². The Bertz CT molecular complexity index is 730. The number of nitrogens with two attached hydrogens (primary N) is 1. The second-order valence-electron chi connectivity index (χ2n) is 4.52. The van der Waals surface area contributed by atoms with Gasteiger partial charge >= 0.3 is 0 Å². The summed E-state index contributed by atoms with van der Waals surface area (Å²) in [6.45, 7) is 1.85. The third-order valence-corrected chi connectivity index (χ3v) is 4.94. The smallest absolute Gasteiger partial charge is 0.236 e. The SMILES string of the molecule is Cc1c(Br)cccc1NS(=O)(=O)Cc1cccc(N)c1. The van der Waals surface area contributed by atoms with Crippen LogP contribution in [0.3, 0.4) is 0 Å². The summed E-state index contributed by atoms with van der Waals surface area (Å²) in [5, 5.41) is 0. The molecule has 0 unspecified atom stereocenters. The molecule has 0 aliphatic rings. The van der Waals surface area contributed by atoms with Crippen molar-refractivity contribution in [1.29, 1.82) is 0 Å². The number of rotatable bonds is 4. The molecule has 2 rings (SSSR count). The van der Waals surface area contributed by atoms with Crippen LogP contribution in [0.4, 0.5) is 11.4 Å². The average molecular weight is 355 g/mol. The maximum atomic E-state index is 12.2. The van der Waals surface area contributed by atoms with Crippen LogP contribution in [-0.2, 0) is 15.8 Å². The molecule has 0 aliphatic heterocycles. The Morgan fingerprint density at radius 3 is 2.60 bits per heavy atom. The van der Waals surface area contributed by atoms with Crippen molar-refractivity contribution in [2.24, 2.45) is 0 Å². The maximum absolute atomic E-state index is 12.2. The molecule has 0 amide bonds. The van der Waals surface area contributed by atoms with Gasteiger partial charge in [0.1, 0.15) is 0 Å². The highest BCUT2D eigenvalue weighted by Crippen LogP contribution is 2.25. The van der Waals surface area contributed by atoms with E-state index in [1.54, 1.807) is 36.4 Å². The van der Waals surface area contributed by atoms with Crippen LogP contribution in [0.5, 0.6) is 0 Å². The van der Waals surface area contributed by atoms with Gasteiger partial charge in [0.15, 0.2) is 0 Å². The molecule has 20 heavy (non-hydrogen) atoms. The van der Waals surface area contributed by atoms with Gasteiger partial charge in [-0.3, -0.25) is 4.72 Å². The number of benzene rings is 2. The van der Waals surface area contributed by atoms with E-state index in [2.05, 4.69) is 20.7 Å². The first-order valence-electron chi connectivity index (χ1n) is 5.97. The van der Waals surface area contributed by atoms with Crippen LogP contribution in [0.25, 0.3) is 0 Å². The lowest BCUT2D eigenvalue weighted by molar-refractivity contribution is 0.600. The van der Waals surface area contributed by atoms with Crippen molar-refractivity contribution in [1.82, 2.24) is 0 Å². The number of nitrogens with one attached hydrogen (secondary N) is 1. The Kier molecular flexibility index (Phi) is 4.35. The summed E-state index contributed by atoms with van der Waals surface area (Å²) in [5.74, 6) is -0.107. The zero-order valence-electron chi connectivity index (χ0n) is 10.9. The minimum Gasteiger partial charge on any atom is -0.399 e. The highest BCUT2D eigenvalue weighted by molar-refractivity contribution is 9.10. The number of hydrogen-bond donors (Lipinski definition) is 2. The van der Waals surface area contributed by atoms with Crippen LogP contribution in [0.2, 0.25) is 0 Å². The van der Waals surface area contributed by atoms with E-state index in [1.165, 1.54) is 0 Å². The molecule has 0 fully saturated rings. The van der Waals surface area contributed by atoms with Crippen LogP contribution in [0.15, 0.2) is 46.9 Å². The van der Waals surface area contributed by atoms with Crippen molar-refractivity contribution < 1.29 is 8.42 Å². The zero-order chi connectivity index (χ0) is 14.8. The number of anilines is 2. The number of halogens is 1. The molecular formula is C14H15BrN2O2S. The van der Waals surface area contributed by atoms with E-state index in [9.17, 15) is 8.42 Å². The normalized spacial score (nSPS) is 11.3. The molecule has 0 radical (unpaired) electrons. The van der Waals surface area contributed by atoms with Gasteiger partial charge in [-0.1, -0.05) is 34.1 Å². The molecule has 0 heterocycles. The lowest BCUT2D eigenvalue weighted by Gasteiger charge is -2.11. The van der Waals surface area contributed by atoms with Crippen LogP contribution in [0, 0.1) is 6.92 Å². The van der Waals surface area contributed by atoms with Gasteiger partial charge in [0.05, 0.1) is 11.4 Å². The number of sulfonamides is 1. The van der Waals surface area contributed by atoms with Crippen LogP contribution >= 0.6 is 15.9 Å². The first kappa shape index (κ1) is 14.9. The summed E-state index contributed by atoms with van der Waals surface area (Å²) in [7, 11) is -3.47. The third-order valence-electron chi connectivity index (χ3n) is 2.84. The van der Waals surface area contributed by atoms with Gasteiger partial charge in [0.25, 0.3) is 0 Å². The molecule has 0 atom stereocenters. The third kappa shape index (κ3) is 3.74. The van der Waals surface area contributed by atoms with Gasteiger partial charge in [0.2, 0.25) is 10.0 Å². The fourth-order valence-corrected chi connectivity index (χ4v) is 3.44. The second-order valence-corrected chi connectivity index (χ2v) is 7.10. The van der Waals surface area contributed by atoms with Crippen LogP contribution in [-0.4, -0.2) is 8.42 Å². The molecule has 2 aromatic rings. The predicted octanol–water partition coefficient (Wildman–Crippen LogP) is 3.28. The summed E-state index contributed by atoms with van der Waals surface area (Å²) in [4.78, 5) is 0. The Labute approximate surface area is 127 Å². The van der Waals surface area contributed by atoms with Gasteiger partial charge < -0.3 is 5.73 Å². The highest BCUT2D eigenvalue weighted by atomic mass is 79.9. The van der Waals surface area contributed by atoms with E-state index in [0.29, 0.717) is 16.9 Å². The Morgan fingerprint density at radius 1 is 1.20 bits per heavy atom. The summed E-state index contributed by atoms with van der Waals surface area (Å²) in [5.41, 5.74) is 8.29. The van der Waals surface area contributed by atoms with Crippen molar-refractivity contribution in [2.45, 2.75) is 12.7 Å². The molecule has 0 aliphatic carbocycles. The van der Waals surface area contributed by atoms with Gasteiger partial charge in [0, 0.05) is 10.2 Å². The molecule has 0 bridgehead atoms. The molecule has 0 saturated heterocycles. The first-order chi connectivity index (χ1) is 9.37. The van der Waals surface area contributed by atoms with Crippen molar-refractivity contribution in [3.05, 3.63) is 58.1 Å². The topological polar surface area (TPSA) is 72.2 Å². The minimum atomic E-state index is -3.47. The maximum Gasteiger partial charge on any atom is 0.236 e. The van der Waals surface area contributed by atoms with E-state index in [0.717, 1.165) is 10.0 Å². The Morgan fingerprint density at radius 2 is 1.90 bits per heavy atom. The summed E-state index contributed by atoms with van der Waals surface area (Å²) >= 11 is 3.38. The Balaban J connectivity index is 2.21. The lowest BCUT2D eigenvalue weighted by Crippen LogP contribution is -2.16. The lowest BCUT2D eigenvalue weighted by atomic mass is 10.2. The predicted molar refractivity (Wildman–Crippen MR) is 86.0 cm³/mol. The van der Waals surface area contributed by atoms with Crippen molar-refractivity contribution >= 4 is 37.3 Å². The summed E-state index contributed by atoms with van der Waals surface area (Å²) in [6.07, 6.45) is 0. The van der Waals surface area contributed by atoms with Gasteiger partial charge in [-0.2, -0.15) is 0 Å². The molecule has 2 aromatic carbocycles. The number of nitrogen functional groups attached to an aromatic ring is 1. The fourth-order valence-electron chi connectivity index (χ4n) is 1.82. The van der Waals surface area contributed by atoms with Crippen molar-refractivity contribution in [3.63, 3.8) is 0 Å². The molecular weight excluding hydrogens is 340 g/mol. The molecule has 0 aromatic heterocycles. The molecule has 3 N–H and O–H groups in total. The van der Waals surface area contributed by atoms with Gasteiger partial charge in [-0.05, 0) is 42.3 Å². The monoisotopic (exact) mass is 354 g/mol. The van der Waals surface area contributed by atoms with Crippen molar-refractivity contribution in [2.75, 3.05) is 10.5 Å². The first-order valence-corrected chi connectivity index (χ1v) is 8.42. The van der Waals surface area contributed by atoms with Crippen LogP contribution in [0.1, 0.15) is 11.1 Å². The quantitative estimate of drug-likeness (QED) is 0.827. The number of hydrogen-bond acceptors (Lipinski definition) is 3. The molecule has 6 heteroatoms. The van der Waals surface area contributed by atoms with Gasteiger partial charge in [-0.15, -0.1) is 0 Å². The average Bonchev–Trinajstić information content (AvgIpc) is 2.34. The second kappa shape index (κ2) is 5.85. The standard InChI is InChI=1S/C14H15BrN2O2S/c1-10-13(15)6-3-7-14(10)17-20(18,19)9-11-4-2-5-12(16)8-11/h2-8,17H,9,16H2,1H3. The molecule has 0 spiro atoms. The van der Waals surface area contributed by atoms with E-state index in [-0.39, 0.29) is 5.75 Å². The van der Waals surface area contributed by atoms with Crippen LogP contribution < -0.4 is 10.5 Å². The largest absolute Gasteiger partial charge is 0.399 e. The van der Waals surface area contributed by atoms with E-state index in [1.807, 2.05) is 13.0 Å². The Hall–Kier alpha value is -1.53. The minimum absolute atomic E-state index is 0.107. The van der Waals surface area contributed by atoms with Crippen molar-refractivity contribution in [3.8, 4) is 0 Å². The molecule has 4 nitrogen and oxygen atoms in total. The zero-order valence-corrected chi connectivity index (χ0v) is 13.3.